The summed E-state index contributed by atoms with van der Waals surface area (Å²) in [5.74, 6) is 0. The fourth-order valence-corrected chi connectivity index (χ4v) is 2.05. The van der Waals surface area contributed by atoms with Crippen molar-refractivity contribution in [2.24, 2.45) is 5.16 Å². The van der Waals surface area contributed by atoms with Gasteiger partial charge in [0.05, 0.1) is 22.9 Å². The quantitative estimate of drug-likeness (QED) is 0.614. The maximum Gasteiger partial charge on any atom is 0.417 e. The Labute approximate surface area is 131 Å². The average molecular weight is 318 g/mol. The first-order valence-electron chi connectivity index (χ1n) is 6.74. The Balaban J connectivity index is 2.17. The number of nitriles is 1. The number of hydrogen-bond acceptors (Lipinski definition) is 3. The highest BCUT2D eigenvalue weighted by Crippen LogP contribution is 2.32. The van der Waals surface area contributed by atoms with E-state index in [1.165, 1.54) is 25.1 Å². The van der Waals surface area contributed by atoms with Gasteiger partial charge >= 0.3 is 6.18 Å². The van der Waals surface area contributed by atoms with Crippen molar-refractivity contribution in [2.45, 2.75) is 19.7 Å². The van der Waals surface area contributed by atoms with Crippen LogP contribution in [0.5, 0.6) is 0 Å². The second kappa shape index (κ2) is 6.97. The summed E-state index contributed by atoms with van der Waals surface area (Å²) < 4.78 is 38.9. The van der Waals surface area contributed by atoms with Crippen molar-refractivity contribution >= 4 is 5.71 Å². The molecule has 2 aromatic rings. The van der Waals surface area contributed by atoms with Gasteiger partial charge in [0, 0.05) is 11.1 Å². The minimum atomic E-state index is -4.46. The van der Waals surface area contributed by atoms with E-state index in [2.05, 4.69) is 5.16 Å². The molecular formula is C17H13F3N2O. The second-order valence-corrected chi connectivity index (χ2v) is 4.76. The Morgan fingerprint density at radius 3 is 2.48 bits per heavy atom. The Hall–Kier alpha value is -2.81. The molecule has 2 rings (SSSR count). The first-order valence-corrected chi connectivity index (χ1v) is 6.74. The first kappa shape index (κ1) is 16.6. The lowest BCUT2D eigenvalue weighted by atomic mass is 10.0. The van der Waals surface area contributed by atoms with Crippen LogP contribution >= 0.6 is 0 Å². The van der Waals surface area contributed by atoms with Crippen molar-refractivity contribution in [3.05, 3.63) is 70.8 Å². The fraction of sp³-hybridized carbons (Fsp3) is 0.176. The van der Waals surface area contributed by atoms with Gasteiger partial charge in [-0.15, -0.1) is 0 Å². The van der Waals surface area contributed by atoms with Gasteiger partial charge in [0.1, 0.15) is 6.61 Å². The lowest BCUT2D eigenvalue weighted by Crippen LogP contribution is -2.12. The van der Waals surface area contributed by atoms with Crippen LogP contribution < -0.4 is 0 Å². The van der Waals surface area contributed by atoms with Gasteiger partial charge in [-0.05, 0) is 19.1 Å². The summed E-state index contributed by atoms with van der Waals surface area (Å²) in [6.07, 6.45) is -4.46. The van der Waals surface area contributed by atoms with Crippen molar-refractivity contribution in [3.8, 4) is 6.07 Å². The van der Waals surface area contributed by atoms with Gasteiger partial charge in [0.2, 0.25) is 0 Å². The van der Waals surface area contributed by atoms with Crippen LogP contribution in [-0.2, 0) is 17.6 Å². The van der Waals surface area contributed by atoms with Gasteiger partial charge in [-0.1, -0.05) is 41.6 Å². The number of hydrogen-bond donors (Lipinski definition) is 0. The third-order valence-electron chi connectivity index (χ3n) is 3.18. The molecule has 0 N–H and O–H groups in total. The van der Waals surface area contributed by atoms with Gasteiger partial charge in [0.15, 0.2) is 0 Å². The molecular weight excluding hydrogens is 305 g/mol. The molecule has 0 aromatic heterocycles. The average Bonchev–Trinajstić information content (AvgIpc) is 2.54. The molecule has 3 nitrogen and oxygen atoms in total. The van der Waals surface area contributed by atoms with Gasteiger partial charge in [-0.2, -0.15) is 18.4 Å². The fourth-order valence-electron chi connectivity index (χ4n) is 2.05. The van der Waals surface area contributed by atoms with E-state index in [0.29, 0.717) is 11.1 Å². The molecule has 2 aromatic carbocycles. The molecule has 0 aliphatic heterocycles. The molecule has 0 spiro atoms. The molecule has 118 valence electrons. The third kappa shape index (κ3) is 4.10. The summed E-state index contributed by atoms with van der Waals surface area (Å²) in [6, 6.07) is 14.0. The van der Waals surface area contributed by atoms with Crippen LogP contribution in [0, 0.1) is 11.3 Å². The molecule has 0 aliphatic rings. The van der Waals surface area contributed by atoms with Crippen LogP contribution in [0.4, 0.5) is 13.2 Å². The minimum absolute atomic E-state index is 0.00918. The predicted octanol–water partition coefficient (Wildman–Crippen LogP) is 4.52. The van der Waals surface area contributed by atoms with Crippen LogP contribution in [0.15, 0.2) is 53.7 Å². The Bertz CT molecular complexity index is 761. The van der Waals surface area contributed by atoms with E-state index in [1.807, 2.05) is 6.07 Å². The highest BCUT2D eigenvalue weighted by molar-refractivity contribution is 5.99. The number of alkyl halides is 3. The lowest BCUT2D eigenvalue weighted by molar-refractivity contribution is -0.137. The van der Waals surface area contributed by atoms with Gasteiger partial charge in [-0.3, -0.25) is 0 Å². The van der Waals surface area contributed by atoms with Crippen molar-refractivity contribution in [1.29, 1.82) is 5.26 Å². The summed E-state index contributed by atoms with van der Waals surface area (Å²) in [7, 11) is 0. The van der Waals surface area contributed by atoms with Crippen LogP contribution in [0.3, 0.4) is 0 Å². The van der Waals surface area contributed by atoms with Crippen molar-refractivity contribution in [1.82, 2.24) is 0 Å². The van der Waals surface area contributed by atoms with E-state index in [1.54, 1.807) is 24.3 Å². The predicted molar refractivity (Wildman–Crippen MR) is 79.6 cm³/mol. The molecule has 0 atom stereocenters. The van der Waals surface area contributed by atoms with Gasteiger partial charge in [-0.25, -0.2) is 0 Å². The summed E-state index contributed by atoms with van der Waals surface area (Å²) >= 11 is 0. The molecule has 6 heteroatoms. The molecule has 0 fully saturated rings. The van der Waals surface area contributed by atoms with E-state index in [4.69, 9.17) is 10.1 Å². The SMILES string of the molecule is CC(=NOCc1ccccc1C#N)c1ccccc1C(F)(F)F. The number of oxime groups is 1. The Kier molecular flexibility index (Phi) is 5.02. The summed E-state index contributed by atoms with van der Waals surface area (Å²) in [6.45, 7) is 1.45. The van der Waals surface area contributed by atoms with E-state index >= 15 is 0 Å². The molecule has 0 saturated heterocycles. The molecule has 0 radical (unpaired) electrons. The normalized spacial score (nSPS) is 11.9. The number of halogens is 3. The second-order valence-electron chi connectivity index (χ2n) is 4.76. The largest absolute Gasteiger partial charge is 0.417 e. The van der Waals surface area contributed by atoms with Crippen molar-refractivity contribution in [3.63, 3.8) is 0 Å². The molecule has 0 heterocycles. The monoisotopic (exact) mass is 318 g/mol. The van der Waals surface area contributed by atoms with Gasteiger partial charge < -0.3 is 4.84 Å². The molecule has 0 aliphatic carbocycles. The van der Waals surface area contributed by atoms with E-state index < -0.39 is 11.7 Å². The Morgan fingerprint density at radius 1 is 1.13 bits per heavy atom. The molecule has 23 heavy (non-hydrogen) atoms. The maximum atomic E-state index is 13.0. The Morgan fingerprint density at radius 2 is 1.78 bits per heavy atom. The standard InChI is InChI=1S/C17H13F3N2O/c1-12(15-8-4-5-9-16(15)17(18,19)20)22-23-11-14-7-3-2-6-13(14)10-21/h2-9H,11H2,1H3. The summed E-state index contributed by atoms with van der Waals surface area (Å²) in [4.78, 5) is 5.12. The molecule has 0 bridgehead atoms. The highest BCUT2D eigenvalue weighted by Gasteiger charge is 2.33. The first-order chi connectivity index (χ1) is 10.9. The van der Waals surface area contributed by atoms with Crippen LogP contribution in [0.2, 0.25) is 0 Å². The highest BCUT2D eigenvalue weighted by atomic mass is 19.4. The number of benzene rings is 2. The van der Waals surface area contributed by atoms with Gasteiger partial charge in [0.25, 0.3) is 0 Å². The smallest absolute Gasteiger partial charge is 0.391 e. The summed E-state index contributed by atoms with van der Waals surface area (Å²) in [5.41, 5.74) is 0.384. The van der Waals surface area contributed by atoms with Crippen molar-refractivity contribution < 1.29 is 18.0 Å². The van der Waals surface area contributed by atoms with Crippen LogP contribution in [0.25, 0.3) is 0 Å². The van der Waals surface area contributed by atoms with Crippen LogP contribution in [-0.4, -0.2) is 5.71 Å². The topological polar surface area (TPSA) is 45.4 Å². The third-order valence-corrected chi connectivity index (χ3v) is 3.18. The number of nitrogens with zero attached hydrogens (tertiary/aromatic N) is 2. The molecule has 0 saturated carbocycles. The maximum absolute atomic E-state index is 13.0. The minimum Gasteiger partial charge on any atom is -0.391 e. The van der Waals surface area contributed by atoms with E-state index in [0.717, 1.165) is 6.07 Å². The van der Waals surface area contributed by atoms with E-state index in [9.17, 15) is 13.2 Å². The van der Waals surface area contributed by atoms with E-state index in [-0.39, 0.29) is 17.9 Å². The van der Waals surface area contributed by atoms with Crippen LogP contribution in [0.1, 0.15) is 29.2 Å². The zero-order valence-corrected chi connectivity index (χ0v) is 12.3. The molecule has 0 unspecified atom stereocenters. The lowest BCUT2D eigenvalue weighted by Gasteiger charge is -2.12. The zero-order chi connectivity index (χ0) is 16.9. The number of rotatable bonds is 4. The van der Waals surface area contributed by atoms with Crippen molar-refractivity contribution in [2.75, 3.05) is 0 Å². The summed E-state index contributed by atoms with van der Waals surface area (Å²) in [5, 5.41) is 12.7. The molecule has 0 amide bonds. The zero-order valence-electron chi connectivity index (χ0n) is 12.3.